The number of hydrogen-bond donors (Lipinski definition) is 2. The molecule has 1 aliphatic rings. The van der Waals surface area contributed by atoms with Crippen LogP contribution in [0.1, 0.15) is 31.9 Å². The maximum atomic E-state index is 12.2. The third kappa shape index (κ3) is 5.03. The molecule has 2 N–H and O–H groups in total. The van der Waals surface area contributed by atoms with Crippen LogP contribution >= 0.6 is 0 Å². The van der Waals surface area contributed by atoms with Crippen molar-refractivity contribution in [3.05, 3.63) is 35.9 Å². The number of esters is 1. The Bertz CT molecular complexity index is 662. The normalized spacial score (nSPS) is 17.8. The van der Waals surface area contributed by atoms with Crippen molar-refractivity contribution in [1.29, 1.82) is 0 Å². The van der Waals surface area contributed by atoms with E-state index in [0.717, 1.165) is 5.56 Å². The molecule has 0 bridgehead atoms. The largest absolute Gasteiger partial charge is 0.455 e. The van der Waals surface area contributed by atoms with Gasteiger partial charge in [0.05, 0.1) is 12.0 Å². The third-order valence-electron chi connectivity index (χ3n) is 3.96. The van der Waals surface area contributed by atoms with E-state index < -0.39 is 30.3 Å². The maximum absolute atomic E-state index is 12.2. The molecule has 0 aliphatic carbocycles. The number of hydrazine groups is 1. The lowest BCUT2D eigenvalue weighted by molar-refractivity contribution is -0.152. The summed E-state index contributed by atoms with van der Waals surface area (Å²) >= 11 is 0. The standard InChI is InChI=1S/C17H21N3O5/c1-11(13-6-4-3-5-7-13)20-9-14(8-16(20)23)17(24)25-10-15(22)19-18-12(2)21/h3-7,11,14H,8-10H2,1-2H3,(H,18,21)(H,19,22)/t11-,14-/m1/s1. The predicted molar refractivity (Wildman–Crippen MR) is 87.6 cm³/mol. The summed E-state index contributed by atoms with van der Waals surface area (Å²) in [6.07, 6.45) is 0.0589. The van der Waals surface area contributed by atoms with Gasteiger partial charge in [0.15, 0.2) is 6.61 Å². The molecule has 2 rings (SSSR count). The van der Waals surface area contributed by atoms with Gasteiger partial charge in [-0.3, -0.25) is 30.0 Å². The Kier molecular flexibility index (Phi) is 6.10. The highest BCUT2D eigenvalue weighted by molar-refractivity contribution is 5.88. The van der Waals surface area contributed by atoms with E-state index in [2.05, 4.69) is 10.9 Å². The molecule has 1 heterocycles. The van der Waals surface area contributed by atoms with E-state index in [1.807, 2.05) is 37.3 Å². The fourth-order valence-electron chi connectivity index (χ4n) is 2.62. The molecule has 25 heavy (non-hydrogen) atoms. The number of carbonyl (C=O) groups is 4. The average Bonchev–Trinajstić information content (AvgIpc) is 2.99. The van der Waals surface area contributed by atoms with Gasteiger partial charge in [-0.2, -0.15) is 0 Å². The van der Waals surface area contributed by atoms with Crippen molar-refractivity contribution in [3.63, 3.8) is 0 Å². The first-order chi connectivity index (χ1) is 11.9. The highest BCUT2D eigenvalue weighted by Gasteiger charge is 2.38. The Balaban J connectivity index is 1.86. The van der Waals surface area contributed by atoms with Crippen molar-refractivity contribution in [2.75, 3.05) is 13.2 Å². The van der Waals surface area contributed by atoms with E-state index >= 15 is 0 Å². The summed E-state index contributed by atoms with van der Waals surface area (Å²) in [4.78, 5) is 48.0. The van der Waals surface area contributed by atoms with Gasteiger partial charge in [-0.15, -0.1) is 0 Å². The molecule has 0 saturated carbocycles. The smallest absolute Gasteiger partial charge is 0.311 e. The van der Waals surface area contributed by atoms with Gasteiger partial charge in [0.2, 0.25) is 11.8 Å². The number of hydrogen-bond acceptors (Lipinski definition) is 5. The van der Waals surface area contributed by atoms with Gasteiger partial charge >= 0.3 is 5.97 Å². The lowest BCUT2D eigenvalue weighted by Crippen LogP contribution is -2.42. The summed E-state index contributed by atoms with van der Waals surface area (Å²) in [6.45, 7) is 2.87. The Morgan fingerprint density at radius 3 is 2.56 bits per heavy atom. The van der Waals surface area contributed by atoms with Gasteiger partial charge in [0, 0.05) is 19.9 Å². The van der Waals surface area contributed by atoms with Crippen molar-refractivity contribution in [3.8, 4) is 0 Å². The molecule has 2 atom stereocenters. The van der Waals surface area contributed by atoms with E-state index in [4.69, 9.17) is 4.74 Å². The fourth-order valence-corrected chi connectivity index (χ4v) is 2.62. The first-order valence-electron chi connectivity index (χ1n) is 7.95. The molecule has 0 unspecified atom stereocenters. The fraction of sp³-hybridized carbons (Fsp3) is 0.412. The van der Waals surface area contributed by atoms with Crippen LogP contribution in [0.3, 0.4) is 0 Å². The van der Waals surface area contributed by atoms with E-state index in [9.17, 15) is 19.2 Å². The van der Waals surface area contributed by atoms with Gasteiger partial charge in [0.1, 0.15) is 0 Å². The van der Waals surface area contributed by atoms with Crippen molar-refractivity contribution in [2.24, 2.45) is 5.92 Å². The molecule has 1 fully saturated rings. The minimum Gasteiger partial charge on any atom is -0.455 e. The zero-order valence-corrected chi connectivity index (χ0v) is 14.2. The number of nitrogens with zero attached hydrogens (tertiary/aromatic N) is 1. The number of benzene rings is 1. The summed E-state index contributed by atoms with van der Waals surface area (Å²) in [5.74, 6) is -2.42. The molecule has 1 saturated heterocycles. The molecule has 1 aliphatic heterocycles. The molecule has 1 aromatic rings. The van der Waals surface area contributed by atoms with Crippen molar-refractivity contribution in [2.45, 2.75) is 26.3 Å². The number of likely N-dealkylation sites (tertiary alicyclic amines) is 1. The molecule has 1 aromatic carbocycles. The summed E-state index contributed by atoms with van der Waals surface area (Å²) < 4.78 is 4.92. The molecule has 0 radical (unpaired) electrons. The molecule has 0 aromatic heterocycles. The summed E-state index contributed by atoms with van der Waals surface area (Å²) in [7, 11) is 0. The van der Waals surface area contributed by atoms with E-state index in [1.54, 1.807) is 4.90 Å². The zero-order chi connectivity index (χ0) is 18.4. The Labute approximate surface area is 145 Å². The Morgan fingerprint density at radius 1 is 1.24 bits per heavy atom. The van der Waals surface area contributed by atoms with Gasteiger partial charge < -0.3 is 9.64 Å². The topological polar surface area (TPSA) is 105 Å². The van der Waals surface area contributed by atoms with Gasteiger partial charge in [0.25, 0.3) is 5.91 Å². The van der Waals surface area contributed by atoms with Crippen LogP contribution in [0.25, 0.3) is 0 Å². The quantitative estimate of drug-likeness (QED) is 0.589. The predicted octanol–water partition coefficient (Wildman–Crippen LogP) is 0.307. The van der Waals surface area contributed by atoms with Crippen molar-refractivity contribution < 1.29 is 23.9 Å². The van der Waals surface area contributed by atoms with Crippen LogP contribution in [0, 0.1) is 5.92 Å². The van der Waals surface area contributed by atoms with Gasteiger partial charge in [-0.05, 0) is 12.5 Å². The van der Waals surface area contributed by atoms with Crippen LogP contribution in [0.2, 0.25) is 0 Å². The van der Waals surface area contributed by atoms with Crippen LogP contribution < -0.4 is 10.9 Å². The zero-order valence-electron chi connectivity index (χ0n) is 14.2. The molecule has 8 heteroatoms. The highest BCUT2D eigenvalue weighted by atomic mass is 16.5. The van der Waals surface area contributed by atoms with Gasteiger partial charge in [-0.25, -0.2) is 0 Å². The summed E-state index contributed by atoms with van der Waals surface area (Å²) in [5, 5.41) is 0. The maximum Gasteiger partial charge on any atom is 0.311 e. The van der Waals surface area contributed by atoms with Crippen LogP contribution in [0.4, 0.5) is 0 Å². The number of rotatable bonds is 5. The second kappa shape index (κ2) is 8.27. The molecular weight excluding hydrogens is 326 g/mol. The first kappa shape index (κ1) is 18.4. The minimum atomic E-state index is -0.651. The van der Waals surface area contributed by atoms with E-state index in [0.29, 0.717) is 0 Å². The number of amides is 3. The monoisotopic (exact) mass is 347 g/mol. The molecular formula is C17H21N3O5. The lowest BCUT2D eigenvalue weighted by atomic mass is 10.1. The Morgan fingerprint density at radius 2 is 1.92 bits per heavy atom. The van der Waals surface area contributed by atoms with Crippen LogP contribution in [-0.2, 0) is 23.9 Å². The molecule has 134 valence electrons. The second-order valence-electron chi connectivity index (χ2n) is 5.87. The van der Waals surface area contributed by atoms with Crippen LogP contribution in [0.5, 0.6) is 0 Å². The molecule has 8 nitrogen and oxygen atoms in total. The molecule has 0 spiro atoms. The summed E-state index contributed by atoms with van der Waals surface area (Å²) in [5.41, 5.74) is 5.17. The van der Waals surface area contributed by atoms with Crippen LogP contribution in [-0.4, -0.2) is 41.7 Å². The number of nitrogens with one attached hydrogen (secondary N) is 2. The second-order valence-corrected chi connectivity index (χ2v) is 5.87. The van der Waals surface area contributed by atoms with E-state index in [1.165, 1.54) is 6.92 Å². The van der Waals surface area contributed by atoms with E-state index in [-0.39, 0.29) is 24.9 Å². The SMILES string of the molecule is CC(=O)NNC(=O)COC(=O)[C@@H]1CC(=O)N([C@H](C)c2ccccc2)C1. The highest BCUT2D eigenvalue weighted by Crippen LogP contribution is 2.28. The summed E-state index contributed by atoms with van der Waals surface area (Å²) in [6, 6.07) is 9.40. The number of ether oxygens (including phenoxy) is 1. The lowest BCUT2D eigenvalue weighted by Gasteiger charge is -2.25. The average molecular weight is 347 g/mol. The third-order valence-corrected chi connectivity index (χ3v) is 3.96. The first-order valence-corrected chi connectivity index (χ1v) is 7.95. The van der Waals surface area contributed by atoms with Crippen molar-refractivity contribution >= 4 is 23.7 Å². The van der Waals surface area contributed by atoms with Crippen LogP contribution in [0.15, 0.2) is 30.3 Å². The minimum absolute atomic E-state index is 0.0589. The molecule has 3 amide bonds. The van der Waals surface area contributed by atoms with Crippen molar-refractivity contribution in [1.82, 2.24) is 15.8 Å². The Hall–Kier alpha value is -2.90. The van der Waals surface area contributed by atoms with Gasteiger partial charge in [-0.1, -0.05) is 30.3 Å². The number of carbonyl (C=O) groups excluding carboxylic acids is 4.